The summed E-state index contributed by atoms with van der Waals surface area (Å²) in [5.74, 6) is -0.774. The van der Waals surface area contributed by atoms with Crippen LogP contribution in [0, 0.1) is 11.6 Å². The predicted molar refractivity (Wildman–Crippen MR) is 76.9 cm³/mol. The fourth-order valence-corrected chi connectivity index (χ4v) is 2.07. The molecule has 2 heterocycles. The molecule has 0 atom stereocenters. The number of benzene rings is 2. The molecule has 1 N–H and O–H groups in total. The molecule has 0 aliphatic heterocycles. The summed E-state index contributed by atoms with van der Waals surface area (Å²) >= 11 is 0. The van der Waals surface area contributed by atoms with E-state index in [-0.39, 0.29) is 29.0 Å². The molecule has 0 aliphatic rings. The SMILES string of the molecule is Fc1cccc(-c2nnc(Nc3nc4c(F)cccc4o3)o2)c1. The third kappa shape index (κ3) is 2.50. The second kappa shape index (κ2) is 5.16. The van der Waals surface area contributed by atoms with E-state index < -0.39 is 11.6 Å². The highest BCUT2D eigenvalue weighted by molar-refractivity contribution is 5.75. The Hall–Kier alpha value is -3.29. The largest absolute Gasteiger partial charge is 0.423 e. The molecule has 4 rings (SSSR count). The van der Waals surface area contributed by atoms with Gasteiger partial charge in [0.2, 0.25) is 5.89 Å². The summed E-state index contributed by atoms with van der Waals surface area (Å²) in [6, 6.07) is 10.1. The van der Waals surface area contributed by atoms with Gasteiger partial charge in [-0.05, 0) is 30.3 Å². The lowest BCUT2D eigenvalue weighted by molar-refractivity contribution is 0.569. The van der Waals surface area contributed by atoms with Gasteiger partial charge in [0.15, 0.2) is 11.4 Å². The zero-order chi connectivity index (χ0) is 15.8. The van der Waals surface area contributed by atoms with E-state index in [9.17, 15) is 8.78 Å². The lowest BCUT2D eigenvalue weighted by Crippen LogP contribution is -1.90. The second-order valence-electron chi connectivity index (χ2n) is 4.65. The summed E-state index contributed by atoms with van der Waals surface area (Å²) in [6.07, 6.45) is 0. The molecule has 0 spiro atoms. The van der Waals surface area contributed by atoms with E-state index in [0.717, 1.165) is 0 Å². The van der Waals surface area contributed by atoms with Crippen molar-refractivity contribution >= 4 is 23.1 Å². The highest BCUT2D eigenvalue weighted by Crippen LogP contribution is 2.25. The molecule has 114 valence electrons. The van der Waals surface area contributed by atoms with Crippen LogP contribution in [0.1, 0.15) is 0 Å². The molecule has 0 unspecified atom stereocenters. The van der Waals surface area contributed by atoms with Crippen LogP contribution in [0.3, 0.4) is 0 Å². The molecule has 4 aromatic rings. The van der Waals surface area contributed by atoms with E-state index in [2.05, 4.69) is 20.5 Å². The molecule has 23 heavy (non-hydrogen) atoms. The fourth-order valence-electron chi connectivity index (χ4n) is 2.07. The maximum absolute atomic E-state index is 13.6. The first-order valence-electron chi connectivity index (χ1n) is 6.60. The maximum Gasteiger partial charge on any atom is 0.323 e. The molecule has 6 nitrogen and oxygen atoms in total. The lowest BCUT2D eigenvalue weighted by Gasteiger charge is -1.94. The van der Waals surface area contributed by atoms with Crippen molar-refractivity contribution in [2.75, 3.05) is 5.32 Å². The van der Waals surface area contributed by atoms with Crippen LogP contribution in [0.2, 0.25) is 0 Å². The Balaban J connectivity index is 1.63. The number of nitrogens with one attached hydrogen (secondary N) is 1. The van der Waals surface area contributed by atoms with Crippen molar-refractivity contribution in [3.05, 3.63) is 54.1 Å². The first-order chi connectivity index (χ1) is 11.2. The van der Waals surface area contributed by atoms with Crippen LogP contribution in [0.5, 0.6) is 0 Å². The first kappa shape index (κ1) is 13.4. The minimum absolute atomic E-state index is 0.00349. The van der Waals surface area contributed by atoms with Gasteiger partial charge in [-0.25, -0.2) is 8.78 Å². The molecule has 8 heteroatoms. The number of para-hydroxylation sites is 1. The Morgan fingerprint density at radius 2 is 1.78 bits per heavy atom. The van der Waals surface area contributed by atoms with Gasteiger partial charge in [-0.2, -0.15) is 4.98 Å². The molecule has 0 amide bonds. The van der Waals surface area contributed by atoms with Gasteiger partial charge in [-0.1, -0.05) is 17.2 Å². The molecule has 0 fully saturated rings. The number of anilines is 2. The van der Waals surface area contributed by atoms with Crippen LogP contribution in [0.15, 0.2) is 51.3 Å². The van der Waals surface area contributed by atoms with E-state index in [1.165, 1.54) is 30.3 Å². The third-order valence-corrected chi connectivity index (χ3v) is 3.08. The topological polar surface area (TPSA) is 77.0 Å². The van der Waals surface area contributed by atoms with Gasteiger partial charge in [-0.3, -0.25) is 5.32 Å². The highest BCUT2D eigenvalue weighted by Gasteiger charge is 2.14. The van der Waals surface area contributed by atoms with Crippen molar-refractivity contribution in [2.45, 2.75) is 0 Å². The second-order valence-corrected chi connectivity index (χ2v) is 4.65. The molecule has 0 saturated heterocycles. The number of halogens is 2. The lowest BCUT2D eigenvalue weighted by atomic mass is 10.2. The Morgan fingerprint density at radius 3 is 2.61 bits per heavy atom. The number of aromatic nitrogens is 3. The summed E-state index contributed by atoms with van der Waals surface area (Å²) in [4.78, 5) is 3.96. The number of hydrogen-bond acceptors (Lipinski definition) is 6. The van der Waals surface area contributed by atoms with Crippen LogP contribution in [0.4, 0.5) is 20.8 Å². The van der Waals surface area contributed by atoms with Gasteiger partial charge in [0.05, 0.1) is 0 Å². The van der Waals surface area contributed by atoms with Crippen molar-refractivity contribution in [2.24, 2.45) is 0 Å². The molecule has 2 aromatic carbocycles. The van der Waals surface area contributed by atoms with Gasteiger partial charge in [0.25, 0.3) is 0 Å². The summed E-state index contributed by atoms with van der Waals surface area (Å²) in [7, 11) is 0. The van der Waals surface area contributed by atoms with Crippen molar-refractivity contribution in [1.29, 1.82) is 0 Å². The minimum Gasteiger partial charge on any atom is -0.423 e. The van der Waals surface area contributed by atoms with Gasteiger partial charge in [0, 0.05) is 5.56 Å². The maximum atomic E-state index is 13.6. The summed E-state index contributed by atoms with van der Waals surface area (Å²) < 4.78 is 37.5. The van der Waals surface area contributed by atoms with E-state index in [0.29, 0.717) is 5.56 Å². The Labute approximate surface area is 127 Å². The third-order valence-electron chi connectivity index (χ3n) is 3.08. The van der Waals surface area contributed by atoms with Crippen molar-refractivity contribution in [1.82, 2.24) is 15.2 Å². The van der Waals surface area contributed by atoms with Gasteiger partial charge in [-0.15, -0.1) is 5.10 Å². The normalized spacial score (nSPS) is 11.0. The zero-order valence-corrected chi connectivity index (χ0v) is 11.5. The molecule has 0 saturated carbocycles. The number of hydrogen-bond donors (Lipinski definition) is 1. The van der Waals surface area contributed by atoms with Crippen molar-refractivity contribution < 1.29 is 17.6 Å². The van der Waals surface area contributed by atoms with E-state index >= 15 is 0 Å². The average molecular weight is 314 g/mol. The molecular formula is C15H8F2N4O2. The molecule has 0 aliphatic carbocycles. The van der Waals surface area contributed by atoms with Gasteiger partial charge >= 0.3 is 12.0 Å². The van der Waals surface area contributed by atoms with Crippen LogP contribution >= 0.6 is 0 Å². The Kier molecular flexibility index (Phi) is 3.00. The molecule has 2 aromatic heterocycles. The van der Waals surface area contributed by atoms with Gasteiger partial charge < -0.3 is 8.83 Å². The quantitative estimate of drug-likeness (QED) is 0.618. The van der Waals surface area contributed by atoms with Crippen LogP contribution in [-0.2, 0) is 0 Å². The average Bonchev–Trinajstić information content (AvgIpc) is 3.15. The first-order valence-corrected chi connectivity index (χ1v) is 6.60. The van der Waals surface area contributed by atoms with Crippen LogP contribution < -0.4 is 5.32 Å². The minimum atomic E-state index is -0.495. The number of rotatable bonds is 3. The zero-order valence-electron chi connectivity index (χ0n) is 11.5. The van der Waals surface area contributed by atoms with E-state index in [1.54, 1.807) is 12.1 Å². The number of fused-ring (bicyclic) bond motifs is 1. The molecular weight excluding hydrogens is 306 g/mol. The highest BCUT2D eigenvalue weighted by atomic mass is 19.1. The molecule has 0 radical (unpaired) electrons. The summed E-state index contributed by atoms with van der Waals surface area (Å²) in [5.41, 5.74) is 0.825. The van der Waals surface area contributed by atoms with Crippen LogP contribution in [0.25, 0.3) is 22.6 Å². The van der Waals surface area contributed by atoms with Crippen molar-refractivity contribution in [3.8, 4) is 11.5 Å². The Morgan fingerprint density at radius 1 is 0.913 bits per heavy atom. The van der Waals surface area contributed by atoms with Gasteiger partial charge in [0.1, 0.15) is 11.3 Å². The smallest absolute Gasteiger partial charge is 0.323 e. The monoisotopic (exact) mass is 314 g/mol. The number of nitrogens with zero attached hydrogens (tertiary/aromatic N) is 3. The molecule has 0 bridgehead atoms. The van der Waals surface area contributed by atoms with Crippen LogP contribution in [-0.4, -0.2) is 15.2 Å². The van der Waals surface area contributed by atoms with E-state index in [4.69, 9.17) is 8.83 Å². The standard InChI is InChI=1S/C15H8F2N4O2/c16-9-4-1-3-8(7-9)13-20-21-15(23-13)19-14-18-12-10(17)5-2-6-11(12)22-14/h1-7H,(H,18,19,21). The van der Waals surface area contributed by atoms with Crippen molar-refractivity contribution in [3.63, 3.8) is 0 Å². The summed E-state index contributed by atoms with van der Waals surface area (Å²) in [5, 5.41) is 10.2. The van der Waals surface area contributed by atoms with E-state index in [1.807, 2.05) is 0 Å². The number of oxazole rings is 1. The predicted octanol–water partition coefficient (Wildman–Crippen LogP) is 3.90. The fraction of sp³-hybridized carbons (Fsp3) is 0. The summed E-state index contributed by atoms with van der Waals surface area (Å²) in [6.45, 7) is 0. The Bertz CT molecular complexity index is 996.